The Bertz CT molecular complexity index is 152. The van der Waals surface area contributed by atoms with E-state index in [-0.39, 0.29) is 0 Å². The van der Waals surface area contributed by atoms with E-state index in [2.05, 4.69) is 9.22 Å². The normalized spacial score (nSPS) is 11.2. The predicted molar refractivity (Wildman–Crippen MR) is 36.6 cm³/mol. The first-order valence-corrected chi connectivity index (χ1v) is 4.24. The molecule has 0 aliphatic rings. The Morgan fingerprint density at radius 1 is 1.78 bits per heavy atom. The molecule has 0 amide bonds. The number of nitrogens with one attached hydrogen (secondary N) is 1. The molecule has 0 aliphatic carbocycles. The molecule has 3 nitrogen and oxygen atoms in total. The molecule has 1 N–H and O–H groups in total. The Morgan fingerprint density at radius 3 is 3.22 bits per heavy atom. The van der Waals surface area contributed by atoms with Crippen molar-refractivity contribution < 1.29 is 8.66 Å². The average molecular weight is 143 g/mol. The molecule has 0 radical (unpaired) electrons. The second-order valence-corrected chi connectivity index (χ2v) is 3.14. The molecule has 0 aromatic carbocycles. The Morgan fingerprint density at radius 2 is 2.67 bits per heavy atom. The van der Waals surface area contributed by atoms with Gasteiger partial charge >= 0.3 is 9.92 Å². The molecule has 4 heteroatoms. The SMILES string of the molecule is CCO[SiH2][n+]1cc[nH]c1. The molecule has 9 heavy (non-hydrogen) atoms. The Labute approximate surface area is 56.7 Å². The van der Waals surface area contributed by atoms with Crippen LogP contribution < -0.4 is 4.23 Å². The minimum absolute atomic E-state index is 0.484. The average Bonchev–Trinajstić information content (AvgIpc) is 2.34. The monoisotopic (exact) mass is 143 g/mol. The fraction of sp³-hybridized carbons (Fsp3) is 0.400. The van der Waals surface area contributed by atoms with Crippen molar-refractivity contribution in [3.63, 3.8) is 0 Å². The Hall–Kier alpha value is -0.613. The third kappa shape index (κ3) is 1.99. The molecular weight excluding hydrogens is 132 g/mol. The third-order valence-corrected chi connectivity index (χ3v) is 2.33. The van der Waals surface area contributed by atoms with E-state index in [4.69, 9.17) is 4.43 Å². The molecule has 0 unspecified atom stereocenters. The number of rotatable bonds is 3. The van der Waals surface area contributed by atoms with Gasteiger partial charge in [0.05, 0.1) is 0 Å². The van der Waals surface area contributed by atoms with Crippen molar-refractivity contribution in [3.05, 3.63) is 18.7 Å². The van der Waals surface area contributed by atoms with Crippen molar-refractivity contribution in [1.82, 2.24) is 4.98 Å². The van der Waals surface area contributed by atoms with Crippen LogP contribution in [0.4, 0.5) is 0 Å². The lowest BCUT2D eigenvalue weighted by molar-refractivity contribution is -0.539. The molecule has 50 valence electrons. The summed E-state index contributed by atoms with van der Waals surface area (Å²) in [6.07, 6.45) is 5.80. The number of H-pyrrole nitrogens is 1. The van der Waals surface area contributed by atoms with Gasteiger partial charge in [0.1, 0.15) is 12.4 Å². The van der Waals surface area contributed by atoms with Gasteiger partial charge in [0.2, 0.25) is 6.33 Å². The Kier molecular flexibility index (Phi) is 2.47. The molecule has 1 aromatic rings. The number of hydrogen-bond donors (Lipinski definition) is 1. The van der Waals surface area contributed by atoms with Gasteiger partial charge in [0, 0.05) is 6.61 Å². The minimum Gasteiger partial charge on any atom is -0.386 e. The van der Waals surface area contributed by atoms with Gasteiger partial charge < -0.3 is 4.43 Å². The lowest BCUT2D eigenvalue weighted by Gasteiger charge is -1.92. The first-order chi connectivity index (χ1) is 4.43. The molecule has 1 heterocycles. The topological polar surface area (TPSA) is 28.9 Å². The van der Waals surface area contributed by atoms with Crippen molar-refractivity contribution in [2.45, 2.75) is 6.92 Å². The second kappa shape index (κ2) is 3.42. The summed E-state index contributed by atoms with van der Waals surface area (Å²) in [5.41, 5.74) is 0. The van der Waals surface area contributed by atoms with Crippen molar-refractivity contribution in [2.75, 3.05) is 6.61 Å². The number of imidazole rings is 1. The van der Waals surface area contributed by atoms with E-state index in [9.17, 15) is 0 Å². The summed E-state index contributed by atoms with van der Waals surface area (Å²) < 4.78 is 7.33. The predicted octanol–water partition coefficient (Wildman–Crippen LogP) is -0.814. The number of aromatic amines is 1. The molecule has 0 saturated carbocycles. The van der Waals surface area contributed by atoms with E-state index in [0.29, 0.717) is 0 Å². The lowest BCUT2D eigenvalue weighted by Crippen LogP contribution is -2.39. The largest absolute Gasteiger partial charge is 0.386 e. The first kappa shape index (κ1) is 6.51. The van der Waals surface area contributed by atoms with Crippen molar-refractivity contribution >= 4 is 9.92 Å². The molecule has 1 aromatic heterocycles. The van der Waals surface area contributed by atoms with Crippen molar-refractivity contribution in [3.8, 4) is 0 Å². The summed E-state index contributed by atoms with van der Waals surface area (Å²) in [5, 5.41) is 0. The molecule has 0 fully saturated rings. The lowest BCUT2D eigenvalue weighted by atomic mass is 10.9. The highest BCUT2D eigenvalue weighted by molar-refractivity contribution is 6.14. The molecule has 0 aliphatic heterocycles. The summed E-state index contributed by atoms with van der Waals surface area (Å²) in [4.78, 5) is 2.96. The van der Waals surface area contributed by atoms with E-state index in [1.807, 2.05) is 25.6 Å². The van der Waals surface area contributed by atoms with Crippen LogP contribution >= 0.6 is 0 Å². The zero-order chi connectivity index (χ0) is 6.53. The molecule has 0 atom stereocenters. The molecule has 0 bridgehead atoms. The molecule has 0 spiro atoms. The van der Waals surface area contributed by atoms with Gasteiger partial charge in [-0.25, -0.2) is 0 Å². The van der Waals surface area contributed by atoms with E-state index in [1.165, 1.54) is 0 Å². The summed E-state index contributed by atoms with van der Waals surface area (Å²) in [5.74, 6) is 0. The maximum atomic E-state index is 5.26. The van der Waals surface area contributed by atoms with Gasteiger partial charge in [-0.05, 0) is 6.92 Å². The quantitative estimate of drug-likeness (QED) is 0.551. The molecule has 0 saturated heterocycles. The van der Waals surface area contributed by atoms with Crippen LogP contribution in [-0.2, 0) is 4.43 Å². The van der Waals surface area contributed by atoms with Crippen LogP contribution in [0.25, 0.3) is 0 Å². The summed E-state index contributed by atoms with van der Waals surface area (Å²) in [7, 11) is -0.484. The van der Waals surface area contributed by atoms with E-state index in [0.717, 1.165) is 6.61 Å². The molecule has 1 rings (SSSR count). The second-order valence-electron chi connectivity index (χ2n) is 1.75. The van der Waals surface area contributed by atoms with Gasteiger partial charge in [0.15, 0.2) is 0 Å². The van der Waals surface area contributed by atoms with Crippen molar-refractivity contribution in [2.24, 2.45) is 0 Å². The standard InChI is InChI=1S/C5H10N2OSi/c1-2-8-9-7-4-3-6-5-7/h3-5H,2,9H2,1H3/p+1. The highest BCUT2D eigenvalue weighted by atomic mass is 28.2. The van der Waals surface area contributed by atoms with Crippen LogP contribution in [0.15, 0.2) is 18.7 Å². The van der Waals surface area contributed by atoms with E-state index in [1.54, 1.807) is 0 Å². The summed E-state index contributed by atoms with van der Waals surface area (Å²) in [6.45, 7) is 2.84. The summed E-state index contributed by atoms with van der Waals surface area (Å²) >= 11 is 0. The van der Waals surface area contributed by atoms with Crippen LogP contribution in [0.3, 0.4) is 0 Å². The first-order valence-electron chi connectivity index (χ1n) is 3.03. The van der Waals surface area contributed by atoms with E-state index >= 15 is 0 Å². The fourth-order valence-corrected chi connectivity index (χ4v) is 1.36. The zero-order valence-corrected chi connectivity index (χ0v) is 6.92. The number of aromatic nitrogens is 2. The van der Waals surface area contributed by atoms with Gasteiger partial charge in [-0.1, -0.05) is 0 Å². The van der Waals surface area contributed by atoms with Gasteiger partial charge in [-0.2, -0.15) is 0 Å². The minimum atomic E-state index is -0.484. The van der Waals surface area contributed by atoms with Crippen LogP contribution in [0, 0.1) is 0 Å². The smallest absolute Gasteiger partial charge is 0.381 e. The molecular formula is C5H11N2OSi+. The maximum absolute atomic E-state index is 5.26. The maximum Gasteiger partial charge on any atom is 0.381 e. The fourth-order valence-electron chi connectivity index (χ4n) is 0.598. The Balaban J connectivity index is 2.30. The van der Waals surface area contributed by atoms with Gasteiger partial charge in [-0.3, -0.25) is 9.22 Å². The van der Waals surface area contributed by atoms with E-state index < -0.39 is 9.92 Å². The number of hydrogen-bond acceptors (Lipinski definition) is 1. The number of nitrogens with zero attached hydrogens (tertiary/aromatic N) is 1. The third-order valence-electron chi connectivity index (χ3n) is 1.05. The van der Waals surface area contributed by atoms with Gasteiger partial charge in [-0.15, -0.1) is 0 Å². The zero-order valence-electron chi connectivity index (χ0n) is 5.50. The summed E-state index contributed by atoms with van der Waals surface area (Å²) in [6, 6.07) is 0. The van der Waals surface area contributed by atoms with Crippen LogP contribution in [0.1, 0.15) is 6.92 Å². The highest BCUT2D eigenvalue weighted by Crippen LogP contribution is 1.67. The highest BCUT2D eigenvalue weighted by Gasteiger charge is 1.94. The van der Waals surface area contributed by atoms with Crippen LogP contribution in [-0.4, -0.2) is 21.5 Å². The van der Waals surface area contributed by atoms with Crippen LogP contribution in [0.5, 0.6) is 0 Å². The van der Waals surface area contributed by atoms with Gasteiger partial charge in [0.25, 0.3) is 0 Å². The van der Waals surface area contributed by atoms with Crippen molar-refractivity contribution in [1.29, 1.82) is 0 Å². The van der Waals surface area contributed by atoms with Crippen LogP contribution in [0.2, 0.25) is 0 Å².